The van der Waals surface area contributed by atoms with Crippen LogP contribution < -0.4 is 5.56 Å². The van der Waals surface area contributed by atoms with Gasteiger partial charge in [-0.2, -0.15) is 13.2 Å². The quantitative estimate of drug-likeness (QED) is 0.580. The van der Waals surface area contributed by atoms with E-state index in [1.807, 2.05) is 0 Å². The van der Waals surface area contributed by atoms with Crippen molar-refractivity contribution in [1.29, 1.82) is 0 Å². The summed E-state index contributed by atoms with van der Waals surface area (Å²) in [5, 5.41) is 10.7. The van der Waals surface area contributed by atoms with E-state index in [1.165, 1.54) is 18.4 Å². The lowest BCUT2D eigenvalue weighted by Gasteiger charge is -2.23. The van der Waals surface area contributed by atoms with Crippen molar-refractivity contribution in [3.63, 3.8) is 0 Å². The smallest absolute Gasteiger partial charge is 0.406 e. The van der Waals surface area contributed by atoms with Gasteiger partial charge in [0.2, 0.25) is 5.91 Å². The molecule has 11 heteroatoms. The van der Waals surface area contributed by atoms with Crippen molar-refractivity contribution < 1.29 is 27.3 Å². The van der Waals surface area contributed by atoms with Gasteiger partial charge in [-0.05, 0) is 12.1 Å². The normalized spacial score (nSPS) is 11.3. The molecule has 0 fully saturated rings. The van der Waals surface area contributed by atoms with Crippen LogP contribution in [-0.2, 0) is 17.9 Å². The Kier molecular flexibility index (Phi) is 5.25. The number of rotatable bonds is 6. The number of hydrogen-bond acceptors (Lipinski definition) is 5. The van der Waals surface area contributed by atoms with Crippen molar-refractivity contribution >= 4 is 11.6 Å². The lowest BCUT2D eigenvalue weighted by molar-refractivity contribution is -0.385. The zero-order valence-electron chi connectivity index (χ0n) is 12.6. The molecule has 0 aliphatic rings. The maximum absolute atomic E-state index is 12.7. The molecular formula is C14H12F3N3O5. The topological polar surface area (TPSA) is 98.6 Å². The number of pyridine rings is 1. The van der Waals surface area contributed by atoms with Gasteiger partial charge < -0.3 is 9.32 Å². The molecule has 2 heterocycles. The molecule has 134 valence electrons. The van der Waals surface area contributed by atoms with Gasteiger partial charge in [-0.1, -0.05) is 0 Å². The summed E-state index contributed by atoms with van der Waals surface area (Å²) in [6, 6.07) is 4.67. The molecular weight excluding hydrogens is 347 g/mol. The fraction of sp³-hybridized carbons (Fsp3) is 0.286. The summed E-state index contributed by atoms with van der Waals surface area (Å²) in [5.74, 6) is -0.902. The van der Waals surface area contributed by atoms with Gasteiger partial charge in [0.15, 0.2) is 0 Å². The Bertz CT molecular complexity index is 814. The van der Waals surface area contributed by atoms with Crippen molar-refractivity contribution in [1.82, 2.24) is 9.47 Å². The van der Waals surface area contributed by atoms with Crippen LogP contribution in [0.4, 0.5) is 18.9 Å². The minimum Gasteiger partial charge on any atom is -0.467 e. The first-order valence-electron chi connectivity index (χ1n) is 6.87. The summed E-state index contributed by atoms with van der Waals surface area (Å²) < 4.78 is 43.7. The minimum atomic E-state index is -4.66. The van der Waals surface area contributed by atoms with Crippen molar-refractivity contribution in [2.24, 2.45) is 0 Å². The van der Waals surface area contributed by atoms with Crippen LogP contribution in [0.15, 0.2) is 45.9 Å². The Morgan fingerprint density at radius 3 is 2.60 bits per heavy atom. The highest BCUT2D eigenvalue weighted by atomic mass is 19.4. The Balaban J connectivity index is 2.23. The summed E-state index contributed by atoms with van der Waals surface area (Å²) in [7, 11) is 0. The molecule has 0 atom stereocenters. The van der Waals surface area contributed by atoms with Crippen molar-refractivity contribution in [2.75, 3.05) is 6.54 Å². The third-order valence-electron chi connectivity index (χ3n) is 3.13. The highest BCUT2D eigenvalue weighted by Crippen LogP contribution is 2.19. The van der Waals surface area contributed by atoms with Gasteiger partial charge in [-0.15, -0.1) is 0 Å². The molecule has 2 aromatic rings. The zero-order chi connectivity index (χ0) is 18.6. The van der Waals surface area contributed by atoms with Gasteiger partial charge in [0, 0.05) is 12.1 Å². The molecule has 0 aromatic carbocycles. The average Bonchev–Trinajstić information content (AvgIpc) is 3.00. The molecule has 0 spiro atoms. The SMILES string of the molecule is O=C(Cn1cc([N+](=O)[O-])ccc1=O)N(Cc1ccco1)CC(F)(F)F. The van der Waals surface area contributed by atoms with Crippen LogP contribution in [-0.4, -0.2) is 33.0 Å². The summed E-state index contributed by atoms with van der Waals surface area (Å²) in [4.78, 5) is 34.3. The first-order valence-corrected chi connectivity index (χ1v) is 6.87. The lowest BCUT2D eigenvalue weighted by Crippen LogP contribution is -2.41. The standard InChI is InChI=1S/C14H12F3N3O5/c15-14(16,17)9-19(7-11-2-1-5-25-11)13(22)8-18-6-10(20(23)24)3-4-12(18)21/h1-6H,7-9H2. The van der Waals surface area contributed by atoms with E-state index in [0.717, 1.165) is 18.3 Å². The second-order valence-corrected chi connectivity index (χ2v) is 5.05. The first kappa shape index (κ1) is 18.2. The van der Waals surface area contributed by atoms with Gasteiger partial charge >= 0.3 is 6.18 Å². The first-order chi connectivity index (χ1) is 11.7. The number of aromatic nitrogens is 1. The molecule has 0 N–H and O–H groups in total. The number of alkyl halides is 3. The third kappa shape index (κ3) is 5.19. The summed E-state index contributed by atoms with van der Waals surface area (Å²) in [5.41, 5.74) is -1.20. The van der Waals surface area contributed by atoms with E-state index < -0.39 is 47.9 Å². The Morgan fingerprint density at radius 2 is 2.04 bits per heavy atom. The molecule has 8 nitrogen and oxygen atoms in total. The Morgan fingerprint density at radius 1 is 1.32 bits per heavy atom. The van der Waals surface area contributed by atoms with Crippen molar-refractivity contribution in [2.45, 2.75) is 19.3 Å². The third-order valence-corrected chi connectivity index (χ3v) is 3.13. The molecule has 1 amide bonds. The van der Waals surface area contributed by atoms with Crippen LogP contribution >= 0.6 is 0 Å². The fourth-order valence-corrected chi connectivity index (χ4v) is 2.04. The summed E-state index contributed by atoms with van der Waals surface area (Å²) >= 11 is 0. The number of hydrogen-bond donors (Lipinski definition) is 0. The van der Waals surface area contributed by atoms with Crippen LogP contribution in [0.2, 0.25) is 0 Å². The highest BCUT2D eigenvalue weighted by molar-refractivity contribution is 5.76. The number of carbonyl (C=O) groups is 1. The molecule has 0 aliphatic carbocycles. The van der Waals surface area contributed by atoms with Crippen LogP contribution in [0, 0.1) is 10.1 Å². The van der Waals surface area contributed by atoms with Crippen LogP contribution in [0.1, 0.15) is 5.76 Å². The van der Waals surface area contributed by atoms with E-state index in [9.17, 15) is 32.9 Å². The molecule has 0 unspecified atom stereocenters. The van der Waals surface area contributed by atoms with Crippen LogP contribution in [0.3, 0.4) is 0 Å². The van der Waals surface area contributed by atoms with E-state index in [0.29, 0.717) is 9.47 Å². The molecule has 25 heavy (non-hydrogen) atoms. The Hall–Kier alpha value is -3.11. The maximum atomic E-state index is 12.7. The number of furan rings is 1. The number of carbonyl (C=O) groups excluding carboxylic acids is 1. The van der Waals surface area contributed by atoms with E-state index in [4.69, 9.17) is 4.42 Å². The van der Waals surface area contributed by atoms with E-state index in [1.54, 1.807) is 0 Å². The average molecular weight is 359 g/mol. The molecule has 2 rings (SSSR count). The van der Waals surface area contributed by atoms with Crippen molar-refractivity contribution in [3.8, 4) is 0 Å². The molecule has 0 aliphatic heterocycles. The number of halogens is 3. The van der Waals surface area contributed by atoms with Gasteiger partial charge in [0.1, 0.15) is 18.8 Å². The minimum absolute atomic E-state index is 0.129. The largest absolute Gasteiger partial charge is 0.467 e. The van der Waals surface area contributed by atoms with Gasteiger partial charge in [-0.25, -0.2) is 0 Å². The second-order valence-electron chi connectivity index (χ2n) is 5.05. The lowest BCUT2D eigenvalue weighted by atomic mass is 10.3. The van der Waals surface area contributed by atoms with Crippen LogP contribution in [0.25, 0.3) is 0 Å². The number of nitro groups is 1. The molecule has 0 saturated carbocycles. The Labute approximate surface area is 138 Å². The molecule has 2 aromatic heterocycles. The number of amides is 1. The summed E-state index contributed by atoms with van der Waals surface area (Å²) in [6.07, 6.45) is -2.61. The van der Waals surface area contributed by atoms with Crippen LogP contribution in [0.5, 0.6) is 0 Å². The van der Waals surface area contributed by atoms with Crippen molar-refractivity contribution in [3.05, 3.63) is 63.0 Å². The zero-order valence-corrected chi connectivity index (χ0v) is 12.6. The van der Waals surface area contributed by atoms with E-state index in [2.05, 4.69) is 0 Å². The fourth-order valence-electron chi connectivity index (χ4n) is 2.04. The second kappa shape index (κ2) is 7.20. The van der Waals surface area contributed by atoms with Gasteiger partial charge in [0.05, 0.1) is 23.9 Å². The molecule has 0 radical (unpaired) electrons. The van der Waals surface area contributed by atoms with Gasteiger partial charge in [0.25, 0.3) is 11.2 Å². The summed E-state index contributed by atoms with van der Waals surface area (Å²) in [6.45, 7) is -2.76. The monoisotopic (exact) mass is 359 g/mol. The van der Waals surface area contributed by atoms with Gasteiger partial charge in [-0.3, -0.25) is 24.3 Å². The predicted molar refractivity (Wildman–Crippen MR) is 77.5 cm³/mol. The van der Waals surface area contributed by atoms with E-state index >= 15 is 0 Å². The highest BCUT2D eigenvalue weighted by Gasteiger charge is 2.33. The molecule has 0 saturated heterocycles. The predicted octanol–water partition coefficient (Wildman–Crippen LogP) is 1.94. The number of nitrogens with zero attached hydrogens (tertiary/aromatic N) is 3. The van der Waals surface area contributed by atoms with E-state index in [-0.39, 0.29) is 5.76 Å². The molecule has 0 bridgehead atoms. The maximum Gasteiger partial charge on any atom is 0.406 e.